The van der Waals surface area contributed by atoms with E-state index in [0.717, 1.165) is 5.56 Å². The van der Waals surface area contributed by atoms with Crippen LogP contribution < -0.4 is 5.73 Å². The molecule has 0 aromatic heterocycles. The van der Waals surface area contributed by atoms with Crippen LogP contribution in [0.1, 0.15) is 25.0 Å². The van der Waals surface area contributed by atoms with Gasteiger partial charge >= 0.3 is 0 Å². The maximum atomic E-state index is 13.3. The molecule has 0 aliphatic heterocycles. The molecule has 14 heavy (non-hydrogen) atoms. The van der Waals surface area contributed by atoms with Gasteiger partial charge in [0.2, 0.25) is 0 Å². The van der Waals surface area contributed by atoms with Gasteiger partial charge in [-0.15, -0.1) is 0 Å². The summed E-state index contributed by atoms with van der Waals surface area (Å²) in [6.07, 6.45) is 0. The minimum Gasteiger partial charge on any atom is -0.330 e. The maximum Gasteiger partial charge on any atom is 0.126 e. The van der Waals surface area contributed by atoms with Crippen LogP contribution in [-0.4, -0.2) is 6.54 Å². The molecular formula is C11H15ClFN. The van der Waals surface area contributed by atoms with Crippen molar-refractivity contribution >= 4 is 11.6 Å². The Labute approximate surface area is 89.1 Å². The molecule has 1 nitrogen and oxygen atoms in total. The van der Waals surface area contributed by atoms with Crippen molar-refractivity contribution in [2.24, 2.45) is 5.73 Å². The predicted octanol–water partition coefficient (Wildman–Crippen LogP) is 3.02. The highest BCUT2D eigenvalue weighted by Gasteiger charge is 2.22. The molecule has 3 heteroatoms. The van der Waals surface area contributed by atoms with Crippen molar-refractivity contribution in [1.82, 2.24) is 0 Å². The van der Waals surface area contributed by atoms with Crippen molar-refractivity contribution in [3.8, 4) is 0 Å². The van der Waals surface area contributed by atoms with E-state index in [9.17, 15) is 4.39 Å². The Morgan fingerprint density at radius 3 is 2.50 bits per heavy atom. The van der Waals surface area contributed by atoms with E-state index in [1.54, 1.807) is 13.0 Å². The number of hydrogen-bond acceptors (Lipinski definition) is 1. The molecule has 0 spiro atoms. The van der Waals surface area contributed by atoms with E-state index in [0.29, 0.717) is 17.1 Å². The predicted molar refractivity (Wildman–Crippen MR) is 58.2 cm³/mol. The van der Waals surface area contributed by atoms with Crippen LogP contribution in [0, 0.1) is 12.7 Å². The first-order valence-electron chi connectivity index (χ1n) is 4.54. The molecule has 1 rings (SSSR count). The largest absolute Gasteiger partial charge is 0.330 e. The lowest BCUT2D eigenvalue weighted by molar-refractivity contribution is 0.529. The van der Waals surface area contributed by atoms with Crippen LogP contribution in [0.3, 0.4) is 0 Å². The minimum atomic E-state index is -0.286. The second-order valence-corrected chi connectivity index (χ2v) is 4.58. The topological polar surface area (TPSA) is 26.0 Å². The van der Waals surface area contributed by atoms with Gasteiger partial charge in [-0.3, -0.25) is 0 Å². The molecule has 0 atom stereocenters. The molecule has 0 radical (unpaired) electrons. The van der Waals surface area contributed by atoms with Crippen LogP contribution >= 0.6 is 11.6 Å². The van der Waals surface area contributed by atoms with Crippen LogP contribution in [0.5, 0.6) is 0 Å². The van der Waals surface area contributed by atoms with Crippen LogP contribution in [0.25, 0.3) is 0 Å². The monoisotopic (exact) mass is 215 g/mol. The molecule has 0 bridgehead atoms. The summed E-state index contributed by atoms with van der Waals surface area (Å²) < 4.78 is 13.3. The summed E-state index contributed by atoms with van der Waals surface area (Å²) >= 11 is 6.04. The van der Waals surface area contributed by atoms with Gasteiger partial charge < -0.3 is 5.73 Å². The summed E-state index contributed by atoms with van der Waals surface area (Å²) in [5.74, 6) is -0.231. The highest BCUT2D eigenvalue weighted by Crippen LogP contribution is 2.30. The first kappa shape index (κ1) is 11.5. The Kier molecular flexibility index (Phi) is 3.17. The molecule has 0 aliphatic carbocycles. The molecule has 0 saturated heterocycles. The lowest BCUT2D eigenvalue weighted by atomic mass is 9.84. The van der Waals surface area contributed by atoms with E-state index in [1.807, 2.05) is 13.8 Å². The number of benzene rings is 1. The van der Waals surface area contributed by atoms with E-state index in [-0.39, 0.29) is 11.2 Å². The molecule has 1 aromatic carbocycles. The highest BCUT2D eigenvalue weighted by atomic mass is 35.5. The second kappa shape index (κ2) is 3.87. The third-order valence-corrected chi connectivity index (χ3v) is 2.80. The van der Waals surface area contributed by atoms with Gasteiger partial charge in [-0.1, -0.05) is 25.4 Å². The van der Waals surface area contributed by atoms with E-state index in [2.05, 4.69) is 0 Å². The Hall–Kier alpha value is -0.600. The second-order valence-electron chi connectivity index (χ2n) is 4.17. The van der Waals surface area contributed by atoms with Crippen LogP contribution in [-0.2, 0) is 5.41 Å². The van der Waals surface area contributed by atoms with E-state index in [1.165, 1.54) is 6.07 Å². The summed E-state index contributed by atoms with van der Waals surface area (Å²) in [5, 5.41) is 0.583. The molecule has 0 amide bonds. The maximum absolute atomic E-state index is 13.3. The van der Waals surface area contributed by atoms with E-state index >= 15 is 0 Å². The fourth-order valence-corrected chi connectivity index (χ4v) is 1.75. The quantitative estimate of drug-likeness (QED) is 0.807. The molecule has 2 N–H and O–H groups in total. The number of nitrogens with two attached hydrogens (primary N) is 1. The molecule has 0 fully saturated rings. The van der Waals surface area contributed by atoms with Crippen LogP contribution in [0.2, 0.25) is 5.02 Å². The summed E-state index contributed by atoms with van der Waals surface area (Å²) in [4.78, 5) is 0. The Bertz CT molecular complexity index is 347. The fourth-order valence-electron chi connectivity index (χ4n) is 1.27. The zero-order valence-electron chi connectivity index (χ0n) is 8.70. The Morgan fingerprint density at radius 1 is 1.43 bits per heavy atom. The van der Waals surface area contributed by atoms with Crippen molar-refractivity contribution in [2.45, 2.75) is 26.2 Å². The lowest BCUT2D eigenvalue weighted by Crippen LogP contribution is -2.28. The molecule has 0 aliphatic rings. The highest BCUT2D eigenvalue weighted by molar-refractivity contribution is 6.31. The molecule has 0 heterocycles. The first-order valence-corrected chi connectivity index (χ1v) is 4.92. The van der Waals surface area contributed by atoms with Crippen molar-refractivity contribution in [3.63, 3.8) is 0 Å². The summed E-state index contributed by atoms with van der Waals surface area (Å²) in [6, 6.07) is 3.12. The first-order chi connectivity index (χ1) is 6.38. The lowest BCUT2D eigenvalue weighted by Gasteiger charge is -2.24. The standard InChI is InChI=1S/C11H15ClFN/c1-7-4-9(12)8(5-10(7)13)11(2,3)6-14/h4-5H,6,14H2,1-3H3. The molecule has 0 unspecified atom stereocenters. The number of aryl methyl sites for hydroxylation is 1. The number of rotatable bonds is 2. The average molecular weight is 216 g/mol. The van der Waals surface area contributed by atoms with Gasteiger partial charge in [0.05, 0.1) is 0 Å². The zero-order chi connectivity index (χ0) is 10.9. The number of hydrogen-bond donors (Lipinski definition) is 1. The van der Waals surface area contributed by atoms with Gasteiger partial charge in [-0.2, -0.15) is 0 Å². The van der Waals surface area contributed by atoms with Crippen molar-refractivity contribution in [2.75, 3.05) is 6.54 Å². The van der Waals surface area contributed by atoms with Crippen LogP contribution in [0.15, 0.2) is 12.1 Å². The van der Waals surface area contributed by atoms with Gasteiger partial charge in [-0.25, -0.2) is 4.39 Å². The van der Waals surface area contributed by atoms with E-state index in [4.69, 9.17) is 17.3 Å². The van der Waals surface area contributed by atoms with Crippen molar-refractivity contribution in [1.29, 1.82) is 0 Å². The van der Waals surface area contributed by atoms with Gasteiger partial charge in [0.15, 0.2) is 0 Å². The smallest absolute Gasteiger partial charge is 0.126 e. The summed E-state index contributed by atoms with van der Waals surface area (Å²) in [5.41, 5.74) is 6.66. The minimum absolute atomic E-state index is 0.231. The summed E-state index contributed by atoms with van der Waals surface area (Å²) in [6.45, 7) is 6.03. The van der Waals surface area contributed by atoms with E-state index < -0.39 is 0 Å². The van der Waals surface area contributed by atoms with Crippen molar-refractivity contribution in [3.05, 3.63) is 34.1 Å². The third-order valence-electron chi connectivity index (χ3n) is 2.49. The normalized spacial score (nSPS) is 11.9. The summed E-state index contributed by atoms with van der Waals surface area (Å²) in [7, 11) is 0. The molecular weight excluding hydrogens is 201 g/mol. The van der Waals surface area contributed by atoms with Gasteiger partial charge in [0.25, 0.3) is 0 Å². The third kappa shape index (κ3) is 2.07. The fraction of sp³-hybridized carbons (Fsp3) is 0.455. The SMILES string of the molecule is Cc1cc(Cl)c(C(C)(C)CN)cc1F. The van der Waals surface area contributed by atoms with Gasteiger partial charge in [0.1, 0.15) is 5.82 Å². The van der Waals surface area contributed by atoms with Crippen LogP contribution in [0.4, 0.5) is 4.39 Å². The number of halogens is 2. The Morgan fingerprint density at radius 2 is 2.00 bits per heavy atom. The van der Waals surface area contributed by atoms with Crippen molar-refractivity contribution < 1.29 is 4.39 Å². The molecule has 1 aromatic rings. The molecule has 0 saturated carbocycles. The molecule has 78 valence electrons. The zero-order valence-corrected chi connectivity index (χ0v) is 9.45. The van der Waals surface area contributed by atoms with Gasteiger partial charge in [-0.05, 0) is 30.2 Å². The van der Waals surface area contributed by atoms with Gasteiger partial charge in [0, 0.05) is 17.0 Å². The average Bonchev–Trinajstić information content (AvgIpc) is 2.11. The Balaban J connectivity index is 3.29.